The van der Waals surface area contributed by atoms with Gasteiger partial charge >= 0.3 is 0 Å². The molecule has 20 heavy (non-hydrogen) atoms. The van der Waals surface area contributed by atoms with Crippen LogP contribution in [0.3, 0.4) is 0 Å². The van der Waals surface area contributed by atoms with Gasteiger partial charge in [-0.1, -0.05) is 0 Å². The highest BCUT2D eigenvalue weighted by atomic mass is 32.2. The Hall–Kier alpha value is -1.31. The van der Waals surface area contributed by atoms with Crippen molar-refractivity contribution in [1.82, 2.24) is 9.21 Å². The standard InChI is InChI=1S/C13H21N3O3S/c1-10-9-16(7-6-15(10)2)20(17,18)11-4-5-13(19-3)12(14)8-11/h4-5,8,10H,6-7,9,14H2,1-3H3. The predicted molar refractivity (Wildman–Crippen MR) is 78.3 cm³/mol. The van der Waals surface area contributed by atoms with E-state index in [-0.39, 0.29) is 10.9 Å². The van der Waals surface area contributed by atoms with Crippen molar-refractivity contribution in [1.29, 1.82) is 0 Å². The number of anilines is 1. The number of nitrogens with two attached hydrogens (primary N) is 1. The van der Waals surface area contributed by atoms with Gasteiger partial charge in [-0.25, -0.2) is 8.42 Å². The van der Waals surface area contributed by atoms with Gasteiger partial charge in [0.05, 0.1) is 17.7 Å². The van der Waals surface area contributed by atoms with Gasteiger partial charge in [-0.05, 0) is 32.2 Å². The molecule has 1 unspecified atom stereocenters. The van der Waals surface area contributed by atoms with Gasteiger partial charge < -0.3 is 15.4 Å². The van der Waals surface area contributed by atoms with Crippen LogP contribution in [0.2, 0.25) is 0 Å². The third-order valence-corrected chi connectivity index (χ3v) is 5.62. The van der Waals surface area contributed by atoms with Crippen molar-refractivity contribution in [3.8, 4) is 5.75 Å². The van der Waals surface area contributed by atoms with Gasteiger partial charge in [0.15, 0.2) is 0 Å². The number of piperazine rings is 1. The Bertz CT molecular complexity index is 589. The van der Waals surface area contributed by atoms with Crippen LogP contribution in [0.4, 0.5) is 5.69 Å². The largest absolute Gasteiger partial charge is 0.495 e. The van der Waals surface area contributed by atoms with Crippen LogP contribution in [0.25, 0.3) is 0 Å². The molecule has 1 fully saturated rings. The molecule has 0 spiro atoms. The minimum absolute atomic E-state index is 0.203. The van der Waals surface area contributed by atoms with Crippen molar-refractivity contribution >= 4 is 15.7 Å². The molecule has 1 aliphatic rings. The Labute approximate surface area is 120 Å². The Balaban J connectivity index is 2.29. The smallest absolute Gasteiger partial charge is 0.243 e. The second kappa shape index (κ2) is 5.59. The van der Waals surface area contributed by atoms with Crippen molar-refractivity contribution in [2.45, 2.75) is 17.9 Å². The number of nitrogen functional groups attached to an aromatic ring is 1. The maximum atomic E-state index is 12.6. The first-order valence-electron chi connectivity index (χ1n) is 6.50. The third kappa shape index (κ3) is 2.74. The van der Waals surface area contributed by atoms with Crippen molar-refractivity contribution in [3.63, 3.8) is 0 Å². The van der Waals surface area contributed by atoms with Crippen LogP contribution >= 0.6 is 0 Å². The van der Waals surface area contributed by atoms with Crippen molar-refractivity contribution in [2.75, 3.05) is 39.5 Å². The second-order valence-corrected chi connectivity index (χ2v) is 7.03. The number of hydrogen-bond donors (Lipinski definition) is 1. The average Bonchev–Trinajstić information content (AvgIpc) is 2.41. The quantitative estimate of drug-likeness (QED) is 0.827. The van der Waals surface area contributed by atoms with Gasteiger partial charge in [-0.15, -0.1) is 0 Å². The summed E-state index contributed by atoms with van der Waals surface area (Å²) in [7, 11) is 0.00725. The molecule has 1 aromatic carbocycles. The molecule has 112 valence electrons. The first-order valence-corrected chi connectivity index (χ1v) is 7.94. The number of likely N-dealkylation sites (N-methyl/N-ethyl adjacent to an activating group) is 1. The van der Waals surface area contributed by atoms with Crippen LogP contribution in [0.15, 0.2) is 23.1 Å². The molecule has 0 aromatic heterocycles. The van der Waals surface area contributed by atoms with Crippen LogP contribution in [0, 0.1) is 0 Å². The van der Waals surface area contributed by atoms with E-state index < -0.39 is 10.0 Å². The molecule has 0 radical (unpaired) electrons. The van der Waals surface area contributed by atoms with E-state index in [0.717, 1.165) is 6.54 Å². The zero-order valence-electron chi connectivity index (χ0n) is 12.0. The molecular formula is C13H21N3O3S. The number of nitrogens with zero attached hydrogens (tertiary/aromatic N) is 2. The summed E-state index contributed by atoms with van der Waals surface area (Å²) >= 11 is 0. The Morgan fingerprint density at radius 1 is 1.35 bits per heavy atom. The Morgan fingerprint density at radius 3 is 2.60 bits per heavy atom. The van der Waals surface area contributed by atoms with Gasteiger partial charge in [0.25, 0.3) is 0 Å². The first kappa shape index (κ1) is 15.1. The molecule has 1 saturated heterocycles. The molecule has 0 aliphatic carbocycles. The summed E-state index contributed by atoms with van der Waals surface area (Å²) < 4.78 is 31.8. The van der Waals surface area contributed by atoms with Crippen molar-refractivity contribution in [2.24, 2.45) is 0 Å². The fourth-order valence-corrected chi connectivity index (χ4v) is 3.80. The Kier molecular flexibility index (Phi) is 4.22. The SMILES string of the molecule is COc1ccc(S(=O)(=O)N2CCN(C)C(C)C2)cc1N. The molecule has 0 amide bonds. The number of sulfonamides is 1. The Morgan fingerprint density at radius 2 is 2.05 bits per heavy atom. The normalized spacial score (nSPS) is 21.9. The molecule has 2 N–H and O–H groups in total. The van der Waals surface area contributed by atoms with E-state index in [9.17, 15) is 8.42 Å². The molecule has 1 atom stereocenters. The summed E-state index contributed by atoms with van der Waals surface area (Å²) in [6.07, 6.45) is 0. The van der Waals surface area contributed by atoms with Crippen LogP contribution in [0.1, 0.15) is 6.92 Å². The van der Waals surface area contributed by atoms with Gasteiger partial charge in [0.2, 0.25) is 10.0 Å². The lowest BCUT2D eigenvalue weighted by atomic mass is 10.2. The van der Waals surface area contributed by atoms with Crippen LogP contribution in [-0.4, -0.2) is 57.5 Å². The molecule has 2 rings (SSSR count). The zero-order valence-corrected chi connectivity index (χ0v) is 12.9. The van der Waals surface area contributed by atoms with E-state index in [1.165, 1.54) is 23.5 Å². The van der Waals surface area contributed by atoms with E-state index in [2.05, 4.69) is 4.90 Å². The second-order valence-electron chi connectivity index (χ2n) is 5.10. The molecular weight excluding hydrogens is 278 g/mol. The highest BCUT2D eigenvalue weighted by Crippen LogP contribution is 2.27. The number of ether oxygens (including phenoxy) is 1. The van der Waals surface area contributed by atoms with E-state index in [1.807, 2.05) is 14.0 Å². The summed E-state index contributed by atoms with van der Waals surface area (Å²) in [4.78, 5) is 2.36. The van der Waals surface area contributed by atoms with Gasteiger partial charge in [-0.2, -0.15) is 4.31 Å². The third-order valence-electron chi connectivity index (χ3n) is 3.76. The predicted octanol–water partition coefficient (Wildman–Crippen LogP) is 0.602. The molecule has 7 heteroatoms. The summed E-state index contributed by atoms with van der Waals surface area (Å²) in [6, 6.07) is 4.78. The maximum Gasteiger partial charge on any atom is 0.243 e. The summed E-state index contributed by atoms with van der Waals surface area (Å²) in [5.74, 6) is 0.482. The van der Waals surface area contributed by atoms with Crippen LogP contribution in [-0.2, 0) is 10.0 Å². The monoisotopic (exact) mass is 299 g/mol. The van der Waals surface area contributed by atoms with E-state index in [1.54, 1.807) is 6.07 Å². The van der Waals surface area contributed by atoms with Gasteiger partial charge in [-0.3, -0.25) is 0 Å². The lowest BCUT2D eigenvalue weighted by Gasteiger charge is -2.36. The average molecular weight is 299 g/mol. The number of benzene rings is 1. The molecule has 0 bridgehead atoms. The fraction of sp³-hybridized carbons (Fsp3) is 0.538. The van der Waals surface area contributed by atoms with Crippen LogP contribution < -0.4 is 10.5 Å². The van der Waals surface area contributed by atoms with Gasteiger partial charge in [0.1, 0.15) is 5.75 Å². The highest BCUT2D eigenvalue weighted by molar-refractivity contribution is 7.89. The minimum atomic E-state index is -3.49. The first-order chi connectivity index (χ1) is 9.36. The van der Waals surface area contributed by atoms with Gasteiger partial charge in [0, 0.05) is 25.7 Å². The minimum Gasteiger partial charge on any atom is -0.495 e. The molecule has 6 nitrogen and oxygen atoms in total. The van der Waals surface area contributed by atoms with Crippen molar-refractivity contribution in [3.05, 3.63) is 18.2 Å². The maximum absolute atomic E-state index is 12.6. The molecule has 1 heterocycles. The zero-order chi connectivity index (χ0) is 14.9. The van der Waals surface area contributed by atoms with Crippen LogP contribution in [0.5, 0.6) is 5.75 Å². The number of methoxy groups -OCH3 is 1. The fourth-order valence-electron chi connectivity index (χ4n) is 2.26. The van der Waals surface area contributed by atoms with E-state index in [0.29, 0.717) is 24.5 Å². The summed E-state index contributed by atoms with van der Waals surface area (Å²) in [5, 5.41) is 0. The lowest BCUT2D eigenvalue weighted by Crippen LogP contribution is -2.51. The molecule has 0 saturated carbocycles. The number of rotatable bonds is 3. The summed E-state index contributed by atoms with van der Waals surface area (Å²) in [5.41, 5.74) is 6.12. The molecule has 1 aromatic rings. The van der Waals surface area contributed by atoms with E-state index in [4.69, 9.17) is 10.5 Å². The topological polar surface area (TPSA) is 75.9 Å². The van der Waals surface area contributed by atoms with E-state index >= 15 is 0 Å². The van der Waals surface area contributed by atoms with Crippen molar-refractivity contribution < 1.29 is 13.2 Å². The lowest BCUT2D eigenvalue weighted by molar-refractivity contribution is 0.159. The summed E-state index contributed by atoms with van der Waals surface area (Å²) in [6.45, 7) is 3.73. The number of hydrogen-bond acceptors (Lipinski definition) is 5. The highest BCUT2D eigenvalue weighted by Gasteiger charge is 2.31. The molecule has 1 aliphatic heterocycles.